The van der Waals surface area contributed by atoms with Crippen molar-refractivity contribution in [3.8, 4) is 11.1 Å². The third-order valence-electron chi connectivity index (χ3n) is 4.40. The number of aryl methyl sites for hydroxylation is 2. The zero-order valence-electron chi connectivity index (χ0n) is 15.9. The van der Waals surface area contributed by atoms with Crippen molar-refractivity contribution in [1.29, 1.82) is 0 Å². The molecule has 1 aromatic heterocycles. The molecule has 1 unspecified atom stereocenters. The minimum absolute atomic E-state index is 0.0312. The Balaban J connectivity index is 1.60. The van der Waals surface area contributed by atoms with Crippen LogP contribution in [0.5, 0.6) is 0 Å². The summed E-state index contributed by atoms with van der Waals surface area (Å²) in [7, 11) is -3.95. The lowest BCUT2D eigenvalue weighted by atomic mass is 10.1. The Kier molecular flexibility index (Phi) is 6.58. The van der Waals surface area contributed by atoms with Gasteiger partial charge in [0, 0.05) is 12.7 Å². The normalized spacial score (nSPS) is 12.6. The molecule has 0 bridgehead atoms. The topological polar surface area (TPSA) is 98.5 Å². The monoisotopic (exact) mass is 414 g/mol. The molecule has 29 heavy (non-hydrogen) atoms. The van der Waals surface area contributed by atoms with Gasteiger partial charge in [-0.1, -0.05) is 48.0 Å². The molecular formula is C21H22N2O5S. The number of aromatic nitrogens is 2. The van der Waals surface area contributed by atoms with Crippen molar-refractivity contribution >= 4 is 10.1 Å². The zero-order chi connectivity index (χ0) is 20.9. The van der Waals surface area contributed by atoms with E-state index in [0.29, 0.717) is 5.56 Å². The standard InChI is InChI=1S/C21H22N2O5S/c1-16-7-9-19(10-8-16)29(26,27)28-15-18(24)12-14-23-21(25)20(11-13-22-23)17-5-3-2-4-6-17/h2-11,13,18,24H,12,14-15H2,1H3. The summed E-state index contributed by atoms with van der Waals surface area (Å²) < 4.78 is 30.5. The third-order valence-corrected chi connectivity index (χ3v) is 5.69. The summed E-state index contributed by atoms with van der Waals surface area (Å²) in [4.78, 5) is 12.6. The molecule has 1 N–H and O–H groups in total. The summed E-state index contributed by atoms with van der Waals surface area (Å²) in [6.45, 7) is 1.59. The van der Waals surface area contributed by atoms with Crippen LogP contribution in [0.1, 0.15) is 12.0 Å². The van der Waals surface area contributed by atoms with Gasteiger partial charge >= 0.3 is 0 Å². The van der Waals surface area contributed by atoms with Gasteiger partial charge in [0.25, 0.3) is 15.7 Å². The lowest BCUT2D eigenvalue weighted by Crippen LogP contribution is -2.27. The van der Waals surface area contributed by atoms with Gasteiger partial charge in [-0.2, -0.15) is 13.5 Å². The second kappa shape index (κ2) is 9.13. The van der Waals surface area contributed by atoms with E-state index < -0.39 is 22.8 Å². The maximum atomic E-state index is 12.6. The van der Waals surface area contributed by atoms with Gasteiger partial charge in [0.1, 0.15) is 0 Å². The number of nitrogens with zero attached hydrogens (tertiary/aromatic N) is 2. The number of aliphatic hydroxyl groups excluding tert-OH is 1. The molecule has 1 heterocycles. The van der Waals surface area contributed by atoms with Gasteiger partial charge < -0.3 is 5.11 Å². The van der Waals surface area contributed by atoms with E-state index in [1.54, 1.807) is 18.2 Å². The Bertz CT molecular complexity index is 1110. The molecule has 8 heteroatoms. The van der Waals surface area contributed by atoms with E-state index in [0.717, 1.165) is 11.1 Å². The van der Waals surface area contributed by atoms with E-state index >= 15 is 0 Å². The first-order valence-electron chi connectivity index (χ1n) is 9.12. The molecular weight excluding hydrogens is 392 g/mol. The Hall–Kier alpha value is -2.81. The lowest BCUT2D eigenvalue weighted by molar-refractivity contribution is 0.0975. The second-order valence-electron chi connectivity index (χ2n) is 6.63. The SMILES string of the molecule is Cc1ccc(S(=O)(=O)OCC(O)CCn2nccc(-c3ccccc3)c2=O)cc1. The predicted octanol–water partition coefficient (Wildman–Crippen LogP) is 2.38. The minimum Gasteiger partial charge on any atom is -0.391 e. The van der Waals surface area contributed by atoms with E-state index in [1.807, 2.05) is 37.3 Å². The van der Waals surface area contributed by atoms with Gasteiger partial charge in [-0.05, 0) is 37.1 Å². The fourth-order valence-electron chi connectivity index (χ4n) is 2.74. The Morgan fingerprint density at radius 3 is 2.45 bits per heavy atom. The zero-order valence-corrected chi connectivity index (χ0v) is 16.7. The average Bonchev–Trinajstić information content (AvgIpc) is 2.72. The van der Waals surface area contributed by atoms with E-state index in [9.17, 15) is 18.3 Å². The minimum atomic E-state index is -3.95. The largest absolute Gasteiger partial charge is 0.391 e. The van der Waals surface area contributed by atoms with E-state index in [-0.39, 0.29) is 23.4 Å². The molecule has 0 aliphatic rings. The van der Waals surface area contributed by atoms with Gasteiger partial charge in [-0.15, -0.1) is 0 Å². The molecule has 2 aromatic carbocycles. The van der Waals surface area contributed by atoms with Crippen LogP contribution in [0.15, 0.2) is 76.6 Å². The molecule has 0 amide bonds. The van der Waals surface area contributed by atoms with Crippen LogP contribution in [0.2, 0.25) is 0 Å². The van der Waals surface area contributed by atoms with Gasteiger partial charge in [-0.25, -0.2) is 4.68 Å². The highest BCUT2D eigenvalue weighted by Crippen LogP contribution is 2.15. The first kappa shape index (κ1) is 20.9. The van der Waals surface area contributed by atoms with E-state index in [1.165, 1.54) is 23.0 Å². The van der Waals surface area contributed by atoms with Crippen LogP contribution in [-0.2, 0) is 20.8 Å². The molecule has 0 fully saturated rings. The highest BCUT2D eigenvalue weighted by molar-refractivity contribution is 7.86. The molecule has 7 nitrogen and oxygen atoms in total. The molecule has 0 aliphatic carbocycles. The Morgan fingerprint density at radius 2 is 1.76 bits per heavy atom. The molecule has 0 radical (unpaired) electrons. The van der Waals surface area contributed by atoms with Crippen molar-refractivity contribution in [3.63, 3.8) is 0 Å². The molecule has 3 rings (SSSR count). The summed E-state index contributed by atoms with van der Waals surface area (Å²) in [5.41, 5.74) is 1.94. The lowest BCUT2D eigenvalue weighted by Gasteiger charge is -2.12. The van der Waals surface area contributed by atoms with Crippen molar-refractivity contribution in [1.82, 2.24) is 9.78 Å². The van der Waals surface area contributed by atoms with Crippen LogP contribution in [0.4, 0.5) is 0 Å². The number of aliphatic hydroxyl groups is 1. The van der Waals surface area contributed by atoms with Crippen molar-refractivity contribution in [2.24, 2.45) is 0 Å². The maximum Gasteiger partial charge on any atom is 0.297 e. The first-order valence-corrected chi connectivity index (χ1v) is 10.5. The summed E-state index contributed by atoms with van der Waals surface area (Å²) in [6, 6.07) is 17.1. The van der Waals surface area contributed by atoms with Crippen LogP contribution >= 0.6 is 0 Å². The van der Waals surface area contributed by atoms with Gasteiger partial charge in [-0.3, -0.25) is 8.98 Å². The van der Waals surface area contributed by atoms with Crippen LogP contribution in [0.25, 0.3) is 11.1 Å². The van der Waals surface area contributed by atoms with Crippen LogP contribution in [0, 0.1) is 6.92 Å². The Morgan fingerprint density at radius 1 is 1.07 bits per heavy atom. The van der Waals surface area contributed by atoms with Crippen molar-refractivity contribution in [3.05, 3.63) is 82.8 Å². The van der Waals surface area contributed by atoms with Gasteiger partial charge in [0.2, 0.25) is 0 Å². The van der Waals surface area contributed by atoms with Crippen LogP contribution in [-0.4, -0.2) is 36.0 Å². The molecule has 3 aromatic rings. The highest BCUT2D eigenvalue weighted by atomic mass is 32.2. The van der Waals surface area contributed by atoms with Gasteiger partial charge in [0.15, 0.2) is 0 Å². The van der Waals surface area contributed by atoms with E-state index in [4.69, 9.17) is 4.18 Å². The number of hydrogen-bond donors (Lipinski definition) is 1. The van der Waals surface area contributed by atoms with E-state index in [2.05, 4.69) is 5.10 Å². The Labute approximate surface area is 169 Å². The van der Waals surface area contributed by atoms with Gasteiger partial charge in [0.05, 0.1) is 23.2 Å². The molecule has 0 aliphatic heterocycles. The molecule has 0 saturated heterocycles. The maximum absolute atomic E-state index is 12.6. The predicted molar refractivity (Wildman–Crippen MR) is 109 cm³/mol. The fourth-order valence-corrected chi connectivity index (χ4v) is 3.69. The van der Waals surface area contributed by atoms with Crippen molar-refractivity contribution in [2.45, 2.75) is 30.9 Å². The van der Waals surface area contributed by atoms with Crippen LogP contribution in [0.3, 0.4) is 0 Å². The van der Waals surface area contributed by atoms with Crippen molar-refractivity contribution < 1.29 is 17.7 Å². The smallest absolute Gasteiger partial charge is 0.297 e. The molecule has 152 valence electrons. The quantitative estimate of drug-likeness (QED) is 0.568. The van der Waals surface area contributed by atoms with Crippen LogP contribution < -0.4 is 5.56 Å². The number of hydrogen-bond acceptors (Lipinski definition) is 6. The first-order chi connectivity index (χ1) is 13.9. The summed E-state index contributed by atoms with van der Waals surface area (Å²) in [5, 5.41) is 14.1. The molecule has 0 spiro atoms. The molecule has 1 atom stereocenters. The summed E-state index contributed by atoms with van der Waals surface area (Å²) in [6.07, 6.45) is 0.576. The third kappa shape index (κ3) is 5.38. The average molecular weight is 414 g/mol. The number of benzene rings is 2. The fraction of sp³-hybridized carbons (Fsp3) is 0.238. The summed E-state index contributed by atoms with van der Waals surface area (Å²) >= 11 is 0. The number of rotatable bonds is 8. The summed E-state index contributed by atoms with van der Waals surface area (Å²) in [5.74, 6) is 0. The van der Waals surface area contributed by atoms with Crippen molar-refractivity contribution in [2.75, 3.05) is 6.61 Å². The molecule has 0 saturated carbocycles. The highest BCUT2D eigenvalue weighted by Gasteiger charge is 2.18. The second-order valence-corrected chi connectivity index (χ2v) is 8.25.